The quantitative estimate of drug-likeness (QED) is 0.363. The van der Waals surface area contributed by atoms with E-state index in [2.05, 4.69) is 25.3 Å². The van der Waals surface area contributed by atoms with Crippen molar-refractivity contribution in [2.24, 2.45) is 5.73 Å². The number of ether oxygens (including phenoxy) is 1. The Labute approximate surface area is 155 Å². The van der Waals surface area contributed by atoms with Gasteiger partial charge in [0, 0.05) is 44.0 Å². The topological polar surface area (TPSA) is 156 Å². The first-order chi connectivity index (χ1) is 12.4. The van der Waals surface area contributed by atoms with E-state index in [0.29, 0.717) is 5.69 Å². The lowest BCUT2D eigenvalue weighted by Gasteiger charge is -2.19. The van der Waals surface area contributed by atoms with Crippen molar-refractivity contribution < 1.29 is 23.9 Å². The SMILES string of the molecule is COC(=O)C(CSC(=O)C(Cc1cnc[nH]1)NC(=O)CCN)NC(C)=O. The van der Waals surface area contributed by atoms with E-state index in [1.165, 1.54) is 20.4 Å². The zero-order valence-corrected chi connectivity index (χ0v) is 15.4. The number of carbonyl (C=O) groups excluding carboxylic acids is 4. The number of carbonyl (C=O) groups is 4. The molecular formula is C15H23N5O5S. The minimum Gasteiger partial charge on any atom is -0.467 e. The van der Waals surface area contributed by atoms with Crippen molar-refractivity contribution in [3.8, 4) is 0 Å². The first-order valence-corrected chi connectivity index (χ1v) is 8.84. The van der Waals surface area contributed by atoms with E-state index in [-0.39, 0.29) is 36.2 Å². The van der Waals surface area contributed by atoms with E-state index in [1.54, 1.807) is 6.20 Å². The Kier molecular flexibility index (Phi) is 9.37. The number of esters is 1. The second-order valence-corrected chi connectivity index (χ2v) is 6.37. The third kappa shape index (κ3) is 7.66. The molecule has 0 fully saturated rings. The van der Waals surface area contributed by atoms with Crippen molar-refractivity contribution in [3.63, 3.8) is 0 Å². The van der Waals surface area contributed by atoms with Crippen molar-refractivity contribution in [3.05, 3.63) is 18.2 Å². The molecule has 1 rings (SSSR count). The summed E-state index contributed by atoms with van der Waals surface area (Å²) in [6, 6.07) is -1.78. The van der Waals surface area contributed by atoms with Gasteiger partial charge < -0.3 is 26.1 Å². The second-order valence-electron chi connectivity index (χ2n) is 5.35. The van der Waals surface area contributed by atoms with Crippen LogP contribution in [0.4, 0.5) is 0 Å². The monoisotopic (exact) mass is 385 g/mol. The fraction of sp³-hybridized carbons (Fsp3) is 0.533. The summed E-state index contributed by atoms with van der Waals surface area (Å²) in [6.07, 6.45) is 3.32. The number of nitrogens with one attached hydrogen (secondary N) is 3. The number of amides is 2. The van der Waals surface area contributed by atoms with Crippen molar-refractivity contribution in [1.29, 1.82) is 0 Å². The van der Waals surface area contributed by atoms with Crippen molar-refractivity contribution in [2.45, 2.75) is 31.8 Å². The van der Waals surface area contributed by atoms with Gasteiger partial charge in [0.25, 0.3) is 0 Å². The third-order valence-corrected chi connectivity index (χ3v) is 4.29. The maximum Gasteiger partial charge on any atom is 0.329 e. The summed E-state index contributed by atoms with van der Waals surface area (Å²) < 4.78 is 4.61. The highest BCUT2D eigenvalue weighted by molar-refractivity contribution is 8.13. The van der Waals surface area contributed by atoms with Gasteiger partial charge in [0.15, 0.2) is 0 Å². The van der Waals surface area contributed by atoms with E-state index in [4.69, 9.17) is 5.73 Å². The highest BCUT2D eigenvalue weighted by Crippen LogP contribution is 2.12. The van der Waals surface area contributed by atoms with Crippen molar-refractivity contribution >= 4 is 34.7 Å². The summed E-state index contributed by atoms with van der Waals surface area (Å²) in [5, 5.41) is 4.69. The molecule has 11 heteroatoms. The molecule has 10 nitrogen and oxygen atoms in total. The molecule has 2 unspecified atom stereocenters. The fourth-order valence-electron chi connectivity index (χ4n) is 2.03. The summed E-state index contributed by atoms with van der Waals surface area (Å²) in [5.74, 6) is -1.44. The van der Waals surface area contributed by atoms with Gasteiger partial charge in [-0.1, -0.05) is 11.8 Å². The standard InChI is InChI=1S/C15H23N5O5S/c1-9(21)19-12(14(23)25-2)7-26-15(24)11(20-13(22)3-4-16)5-10-6-17-8-18-10/h6,8,11-12H,3-5,7,16H2,1-2H3,(H,17,18)(H,19,21)(H,20,22). The van der Waals surface area contributed by atoms with Gasteiger partial charge in [-0.2, -0.15) is 0 Å². The number of H-pyrrole nitrogens is 1. The number of imidazole rings is 1. The van der Waals surface area contributed by atoms with Crippen LogP contribution in [-0.2, 0) is 30.3 Å². The summed E-state index contributed by atoms with van der Waals surface area (Å²) in [4.78, 5) is 54.0. The lowest BCUT2D eigenvalue weighted by Crippen LogP contribution is -2.45. The fourth-order valence-corrected chi connectivity index (χ4v) is 2.92. The van der Waals surface area contributed by atoms with Gasteiger partial charge >= 0.3 is 5.97 Å². The first kappa shape index (κ1) is 21.6. The van der Waals surface area contributed by atoms with Gasteiger partial charge in [0.1, 0.15) is 12.1 Å². The molecule has 2 atom stereocenters. The summed E-state index contributed by atoms with van der Waals surface area (Å²) in [6.45, 7) is 1.42. The van der Waals surface area contributed by atoms with Crippen LogP contribution >= 0.6 is 11.8 Å². The molecule has 1 aromatic rings. The molecular weight excluding hydrogens is 362 g/mol. The van der Waals surface area contributed by atoms with E-state index < -0.39 is 24.0 Å². The lowest BCUT2D eigenvalue weighted by molar-refractivity contribution is -0.144. The van der Waals surface area contributed by atoms with Crippen LogP contribution in [0.3, 0.4) is 0 Å². The molecule has 2 amide bonds. The molecule has 0 bridgehead atoms. The molecule has 0 aliphatic carbocycles. The molecule has 0 saturated carbocycles. The second kappa shape index (κ2) is 11.3. The van der Waals surface area contributed by atoms with Crippen LogP contribution in [0.15, 0.2) is 12.5 Å². The molecule has 5 N–H and O–H groups in total. The Morgan fingerprint density at radius 1 is 1.31 bits per heavy atom. The van der Waals surface area contributed by atoms with Crippen LogP contribution in [0.25, 0.3) is 0 Å². The molecule has 144 valence electrons. The molecule has 0 aliphatic rings. The van der Waals surface area contributed by atoms with E-state index in [9.17, 15) is 19.2 Å². The van der Waals surface area contributed by atoms with E-state index in [0.717, 1.165) is 11.8 Å². The minimum atomic E-state index is -0.959. The number of aromatic amines is 1. The number of rotatable bonds is 10. The normalized spacial score (nSPS) is 12.7. The molecule has 0 aromatic carbocycles. The molecule has 1 heterocycles. The Bertz CT molecular complexity index is 622. The Morgan fingerprint density at radius 2 is 2.04 bits per heavy atom. The van der Waals surface area contributed by atoms with Crippen LogP contribution < -0.4 is 16.4 Å². The number of nitrogens with zero attached hydrogens (tertiary/aromatic N) is 1. The number of hydrogen-bond acceptors (Lipinski definition) is 8. The molecule has 0 spiro atoms. The van der Waals surface area contributed by atoms with Crippen LogP contribution in [0, 0.1) is 0 Å². The van der Waals surface area contributed by atoms with Gasteiger partial charge in [0.05, 0.1) is 13.4 Å². The average molecular weight is 385 g/mol. The van der Waals surface area contributed by atoms with Crippen LogP contribution in [0.1, 0.15) is 19.0 Å². The average Bonchev–Trinajstić information content (AvgIpc) is 3.10. The molecule has 26 heavy (non-hydrogen) atoms. The predicted octanol–water partition coefficient (Wildman–Crippen LogP) is -1.28. The smallest absolute Gasteiger partial charge is 0.329 e. The molecule has 0 aliphatic heterocycles. The largest absolute Gasteiger partial charge is 0.467 e. The van der Waals surface area contributed by atoms with Crippen molar-refractivity contribution in [1.82, 2.24) is 20.6 Å². The molecule has 0 saturated heterocycles. The number of hydrogen-bond donors (Lipinski definition) is 4. The van der Waals surface area contributed by atoms with Gasteiger partial charge in [0.2, 0.25) is 16.9 Å². The Balaban J connectivity index is 2.74. The molecule has 1 aromatic heterocycles. The van der Waals surface area contributed by atoms with Gasteiger partial charge in [-0.15, -0.1) is 0 Å². The Morgan fingerprint density at radius 3 is 2.58 bits per heavy atom. The van der Waals surface area contributed by atoms with Crippen molar-refractivity contribution in [2.75, 3.05) is 19.4 Å². The number of thioether (sulfide) groups is 1. The van der Waals surface area contributed by atoms with E-state index >= 15 is 0 Å². The van der Waals surface area contributed by atoms with Gasteiger partial charge in [-0.05, 0) is 0 Å². The summed E-state index contributed by atoms with van der Waals surface area (Å²) in [5.41, 5.74) is 6.02. The van der Waals surface area contributed by atoms with Crippen LogP contribution in [0.2, 0.25) is 0 Å². The highest BCUT2D eigenvalue weighted by atomic mass is 32.2. The Hall–Kier alpha value is -2.40. The minimum absolute atomic E-state index is 0.0165. The van der Waals surface area contributed by atoms with E-state index in [1.807, 2.05) is 0 Å². The maximum atomic E-state index is 12.5. The zero-order valence-electron chi connectivity index (χ0n) is 14.6. The van der Waals surface area contributed by atoms with Gasteiger partial charge in [-0.25, -0.2) is 9.78 Å². The number of methoxy groups -OCH3 is 1. The zero-order chi connectivity index (χ0) is 19.5. The highest BCUT2D eigenvalue weighted by Gasteiger charge is 2.26. The molecule has 0 radical (unpaired) electrons. The number of nitrogens with two attached hydrogens (primary N) is 1. The lowest BCUT2D eigenvalue weighted by atomic mass is 10.2. The number of aromatic nitrogens is 2. The van der Waals surface area contributed by atoms with Crippen LogP contribution in [-0.4, -0.2) is 64.4 Å². The summed E-state index contributed by atoms with van der Waals surface area (Å²) >= 11 is 0.826. The van der Waals surface area contributed by atoms with Gasteiger partial charge in [-0.3, -0.25) is 14.4 Å². The third-order valence-electron chi connectivity index (χ3n) is 3.23. The summed E-state index contributed by atoms with van der Waals surface area (Å²) in [7, 11) is 1.19. The predicted molar refractivity (Wildman–Crippen MR) is 95.0 cm³/mol. The first-order valence-electron chi connectivity index (χ1n) is 7.85. The van der Waals surface area contributed by atoms with Crippen LogP contribution in [0.5, 0.6) is 0 Å². The maximum absolute atomic E-state index is 12.5.